The predicted octanol–water partition coefficient (Wildman–Crippen LogP) is 9.68. The normalized spacial score (nSPS) is 26.6. The van der Waals surface area contributed by atoms with Gasteiger partial charge in [-0.3, -0.25) is 4.79 Å². The van der Waals surface area contributed by atoms with Gasteiger partial charge in [0.15, 0.2) is 25.0 Å². The highest BCUT2D eigenvalue weighted by molar-refractivity contribution is 6.74. The van der Waals surface area contributed by atoms with Crippen LogP contribution in [0.25, 0.3) is 0 Å². The van der Waals surface area contributed by atoms with Crippen LogP contribution in [-0.4, -0.2) is 88.6 Å². The molecular formula is C40H74N2O7Si4. The van der Waals surface area contributed by atoms with Crippen molar-refractivity contribution in [1.29, 1.82) is 0 Å². The van der Waals surface area contributed by atoms with Gasteiger partial charge in [0.25, 0.3) is 8.32 Å². The van der Waals surface area contributed by atoms with Gasteiger partial charge in [-0.25, -0.2) is 0 Å². The number of oxime groups is 1. The third-order valence-electron chi connectivity index (χ3n) is 10.3. The molecule has 0 radical (unpaired) electrons. The van der Waals surface area contributed by atoms with Crippen molar-refractivity contribution in [3.05, 3.63) is 47.5 Å². The molecule has 1 aromatic rings. The minimum absolute atomic E-state index is 0.0148. The van der Waals surface area contributed by atoms with E-state index in [0.29, 0.717) is 18.9 Å². The second kappa shape index (κ2) is 18.2. The van der Waals surface area contributed by atoms with Crippen molar-refractivity contribution in [3.8, 4) is 0 Å². The van der Waals surface area contributed by atoms with Gasteiger partial charge in [0, 0.05) is 24.0 Å². The molecule has 2 aliphatic rings. The molecule has 0 bridgehead atoms. The summed E-state index contributed by atoms with van der Waals surface area (Å²) in [5.41, 5.74) is 1.85. The first-order valence-corrected chi connectivity index (χ1v) is 32.8. The van der Waals surface area contributed by atoms with Gasteiger partial charge in [-0.05, 0) is 109 Å². The molecule has 2 heterocycles. The third-order valence-corrected chi connectivity index (χ3v) is 17.5. The molecule has 2 fully saturated rings. The van der Waals surface area contributed by atoms with Crippen LogP contribution in [0.5, 0.6) is 0 Å². The Labute approximate surface area is 326 Å². The van der Waals surface area contributed by atoms with Crippen LogP contribution in [0.1, 0.15) is 66.0 Å². The van der Waals surface area contributed by atoms with E-state index in [-0.39, 0.29) is 53.5 Å². The fourth-order valence-electron chi connectivity index (χ4n) is 6.48. The number of hydrogen-bond donors (Lipinski definition) is 1. The average Bonchev–Trinajstić information content (AvgIpc) is 3.75. The van der Waals surface area contributed by atoms with Crippen molar-refractivity contribution in [3.63, 3.8) is 0 Å². The lowest BCUT2D eigenvalue weighted by atomic mass is 9.85. The highest BCUT2D eigenvalue weighted by atomic mass is 28.4. The molecule has 1 N–H and O–H groups in total. The van der Waals surface area contributed by atoms with Crippen LogP contribution < -0.4 is 5.32 Å². The zero-order valence-corrected chi connectivity index (χ0v) is 40.2. The Hall–Kier alpha value is -1.43. The second-order valence-corrected chi connectivity index (χ2v) is 38.0. The molecule has 9 atom stereocenters. The number of amides is 1. The fourth-order valence-corrected chi connectivity index (χ4v) is 10.7. The number of rotatable bonds is 18. The molecule has 0 spiro atoms. The molecule has 9 nitrogen and oxygen atoms in total. The van der Waals surface area contributed by atoms with Gasteiger partial charge < -0.3 is 32.6 Å². The lowest BCUT2D eigenvalue weighted by Gasteiger charge is -2.47. The van der Waals surface area contributed by atoms with Crippen molar-refractivity contribution >= 4 is 45.4 Å². The molecule has 0 aromatic heterocycles. The van der Waals surface area contributed by atoms with E-state index in [1.807, 2.05) is 37.3 Å². The average molecular weight is 807 g/mol. The summed E-state index contributed by atoms with van der Waals surface area (Å²) in [6, 6.07) is 9.42. The van der Waals surface area contributed by atoms with Gasteiger partial charge in [-0.1, -0.05) is 63.6 Å². The first-order chi connectivity index (χ1) is 24.2. The molecule has 0 aliphatic carbocycles. The predicted molar refractivity (Wildman–Crippen MR) is 228 cm³/mol. The molecule has 53 heavy (non-hydrogen) atoms. The van der Waals surface area contributed by atoms with Gasteiger partial charge in [0.1, 0.15) is 0 Å². The van der Waals surface area contributed by atoms with Crippen molar-refractivity contribution < 1.29 is 32.1 Å². The number of epoxide rings is 1. The largest absolute Gasteiger partial charge is 0.455 e. The Balaban J connectivity index is 1.78. The van der Waals surface area contributed by atoms with E-state index in [2.05, 4.69) is 117 Å². The summed E-state index contributed by atoms with van der Waals surface area (Å²) in [6.45, 7) is 37.9. The van der Waals surface area contributed by atoms with Crippen LogP contribution in [0.4, 0.5) is 0 Å². The van der Waals surface area contributed by atoms with Crippen molar-refractivity contribution in [2.75, 3.05) is 6.61 Å². The van der Waals surface area contributed by atoms with E-state index < -0.39 is 39.3 Å². The van der Waals surface area contributed by atoms with E-state index in [0.717, 1.165) is 17.6 Å². The van der Waals surface area contributed by atoms with Crippen LogP contribution in [0, 0.1) is 11.8 Å². The molecule has 0 saturated carbocycles. The zero-order chi connectivity index (χ0) is 40.2. The summed E-state index contributed by atoms with van der Waals surface area (Å²) in [5.74, 6) is 0.257. The van der Waals surface area contributed by atoms with Crippen molar-refractivity contribution in [1.82, 2.24) is 5.32 Å². The number of nitrogens with zero attached hydrogens (tertiary/aromatic N) is 1. The highest BCUT2D eigenvalue weighted by Crippen LogP contribution is 2.42. The molecule has 2 saturated heterocycles. The smallest absolute Gasteiger partial charge is 0.286 e. The Morgan fingerprint density at radius 1 is 0.906 bits per heavy atom. The van der Waals surface area contributed by atoms with Crippen LogP contribution in [-0.2, 0) is 32.1 Å². The van der Waals surface area contributed by atoms with E-state index >= 15 is 0 Å². The van der Waals surface area contributed by atoms with Gasteiger partial charge in [-0.2, -0.15) is 0 Å². The summed E-state index contributed by atoms with van der Waals surface area (Å²) in [7, 11) is -7.75. The van der Waals surface area contributed by atoms with E-state index in [9.17, 15) is 4.79 Å². The number of benzene rings is 1. The van der Waals surface area contributed by atoms with E-state index in [1.165, 1.54) is 0 Å². The Kier molecular flexibility index (Phi) is 15.8. The fraction of sp³-hybridized carbons (Fsp3) is 0.750. The molecule has 1 aromatic carbocycles. The summed E-state index contributed by atoms with van der Waals surface area (Å²) in [6.07, 6.45) is 4.67. The number of carbonyl (C=O) groups is 1. The van der Waals surface area contributed by atoms with Crippen molar-refractivity contribution in [2.24, 2.45) is 17.0 Å². The van der Waals surface area contributed by atoms with Crippen LogP contribution in [0.3, 0.4) is 0 Å². The number of nitrogens with one attached hydrogen (secondary N) is 1. The van der Waals surface area contributed by atoms with Gasteiger partial charge in [0.05, 0.1) is 49.4 Å². The number of hydrogen-bond acceptors (Lipinski definition) is 8. The molecule has 1 unspecified atom stereocenters. The molecular weight excluding hydrogens is 733 g/mol. The minimum atomic E-state index is -2.10. The number of ether oxygens (including phenoxy) is 2. The van der Waals surface area contributed by atoms with Crippen molar-refractivity contribution in [2.45, 2.75) is 174 Å². The maximum absolute atomic E-state index is 13.6. The lowest BCUT2D eigenvalue weighted by molar-refractivity contribution is -0.152. The van der Waals surface area contributed by atoms with E-state index in [4.69, 9.17) is 27.3 Å². The SMILES string of the molecule is C/C(=C\C(=O)NC(/C=N/O[Si](C)(C)C(C)(C)C)c1ccccc1)C[C@@H]1OC[C@H](C[C@@H]2O[C@H]2[C@@H](C)[C@H](C)O[Si](C)(C)C)[C@@H](O[Si](C)(C)C)[C@H]1O[Si](C)(C)C. The quantitative estimate of drug-likeness (QED) is 0.0519. The zero-order valence-electron chi connectivity index (χ0n) is 36.2. The molecule has 1 amide bonds. The third kappa shape index (κ3) is 15.2. The number of carbonyl (C=O) groups excluding carboxylic acids is 1. The molecule has 3 rings (SSSR count). The maximum atomic E-state index is 13.6. The summed E-state index contributed by atoms with van der Waals surface area (Å²) >= 11 is 0. The van der Waals surface area contributed by atoms with E-state index in [1.54, 1.807) is 12.3 Å². The highest BCUT2D eigenvalue weighted by Gasteiger charge is 2.51. The van der Waals surface area contributed by atoms with Crippen LogP contribution >= 0.6 is 0 Å². The topological polar surface area (TPSA) is 100 Å². The Bertz CT molecular complexity index is 1380. The standard InChI is InChI=1S/C40H74N2O7Si4/c1-28(24-36(43)42-33(31-21-19-18-20-22-31)26-41-49-53(16,17)40(4,5)6)23-34-39(48-52(13,14)15)38(47-51(10,11)12)32(27-44-34)25-35-37(45-35)29(2)30(3)46-50(7,8)9/h18-22,24,26,29-30,32-35,37-39H,23,25,27H2,1-17H3,(H,42,43)/b28-24+,41-26+/t29-,30-,32-,33?,34-,35-,37-,38+,39-/m0/s1. The lowest BCUT2D eigenvalue weighted by Crippen LogP contribution is -2.58. The summed E-state index contributed by atoms with van der Waals surface area (Å²) in [5, 5.41) is 7.57. The summed E-state index contributed by atoms with van der Waals surface area (Å²) < 4.78 is 39.5. The van der Waals surface area contributed by atoms with Crippen LogP contribution in [0.15, 0.2) is 47.1 Å². The monoisotopic (exact) mass is 806 g/mol. The first kappa shape index (κ1) is 46.0. The van der Waals surface area contributed by atoms with Gasteiger partial charge in [-0.15, -0.1) is 5.16 Å². The first-order valence-electron chi connectivity index (χ1n) is 19.7. The van der Waals surface area contributed by atoms with Gasteiger partial charge in [0.2, 0.25) is 5.91 Å². The summed E-state index contributed by atoms with van der Waals surface area (Å²) in [4.78, 5) is 13.6. The molecule has 13 heteroatoms. The van der Waals surface area contributed by atoms with Gasteiger partial charge >= 0.3 is 0 Å². The minimum Gasteiger partial charge on any atom is -0.455 e. The molecule has 302 valence electrons. The maximum Gasteiger partial charge on any atom is 0.286 e. The Morgan fingerprint density at radius 3 is 2.04 bits per heavy atom. The second-order valence-electron chi connectivity index (χ2n) is 19.9. The molecule has 2 aliphatic heterocycles. The van der Waals surface area contributed by atoms with Crippen LogP contribution in [0.2, 0.25) is 77.1 Å². The Morgan fingerprint density at radius 2 is 1.49 bits per heavy atom.